The van der Waals surface area contributed by atoms with Crippen molar-refractivity contribution in [3.63, 3.8) is 0 Å². The molecule has 12 heteroatoms. The topological polar surface area (TPSA) is 175 Å². The lowest BCUT2D eigenvalue weighted by molar-refractivity contribution is -0.212. The van der Waals surface area contributed by atoms with Crippen LogP contribution in [0.2, 0.25) is 0 Å². The van der Waals surface area contributed by atoms with Crippen molar-refractivity contribution in [2.45, 2.75) is 87.9 Å². The number of carbonyl (C=O) groups excluding carboxylic acids is 2. The monoisotopic (exact) mass is 571 g/mol. The third-order valence-electron chi connectivity index (χ3n) is 7.49. The molecule has 1 aromatic carbocycles. The Labute approximate surface area is 232 Å². The van der Waals surface area contributed by atoms with E-state index >= 15 is 0 Å². The van der Waals surface area contributed by atoms with E-state index in [-0.39, 0.29) is 41.2 Å². The van der Waals surface area contributed by atoms with Crippen LogP contribution in [0.4, 0.5) is 0 Å². The van der Waals surface area contributed by atoms with Crippen LogP contribution < -0.4 is 5.32 Å². The van der Waals surface area contributed by atoms with E-state index in [1.165, 1.54) is 7.11 Å². The number of aromatic hydroxyl groups is 2. The Balaban J connectivity index is 1.60. The molecule has 1 aliphatic heterocycles. The van der Waals surface area contributed by atoms with Crippen LogP contribution in [0.3, 0.4) is 0 Å². The van der Waals surface area contributed by atoms with Gasteiger partial charge < -0.3 is 45.1 Å². The van der Waals surface area contributed by atoms with Gasteiger partial charge in [0.15, 0.2) is 0 Å². The maximum absolute atomic E-state index is 13.1. The average Bonchev–Trinajstić information content (AvgIpc) is 3.37. The zero-order chi connectivity index (χ0) is 28.7. The van der Waals surface area contributed by atoms with Crippen molar-refractivity contribution >= 4 is 23.6 Å². The Morgan fingerprint density at radius 2 is 1.79 bits per heavy atom. The Morgan fingerprint density at radius 1 is 1.10 bits per heavy atom. The van der Waals surface area contributed by atoms with E-state index < -0.39 is 48.0 Å². The molecule has 2 aliphatic rings. The number of methoxy groups -OCH3 is 1. The van der Waals surface area contributed by atoms with Crippen LogP contribution in [0.25, 0.3) is 0 Å². The van der Waals surface area contributed by atoms with Crippen LogP contribution in [0.1, 0.15) is 56.3 Å². The number of hydrogen-bond donors (Lipinski definition) is 6. The average molecular weight is 572 g/mol. The number of phenols is 2. The van der Waals surface area contributed by atoms with Gasteiger partial charge in [0, 0.05) is 24.8 Å². The molecule has 9 atom stereocenters. The van der Waals surface area contributed by atoms with Gasteiger partial charge in [0.25, 0.3) is 0 Å². The quantitative estimate of drug-likeness (QED) is 0.159. The van der Waals surface area contributed by atoms with Crippen LogP contribution >= 0.6 is 11.8 Å². The Hall–Kier alpha value is -2.09. The molecular weight excluding hydrogens is 530 g/mol. The Kier molecular flexibility index (Phi) is 11.7. The molecule has 1 amide bonds. The highest BCUT2D eigenvalue weighted by atomic mass is 32.2. The first-order valence-corrected chi connectivity index (χ1v) is 14.4. The fourth-order valence-corrected chi connectivity index (χ4v) is 6.26. The van der Waals surface area contributed by atoms with E-state index in [4.69, 9.17) is 14.2 Å². The Morgan fingerprint density at radius 3 is 2.44 bits per heavy atom. The molecule has 0 aromatic heterocycles. The minimum absolute atomic E-state index is 0.0273. The van der Waals surface area contributed by atoms with Crippen LogP contribution in [-0.2, 0) is 19.0 Å². The van der Waals surface area contributed by atoms with Crippen LogP contribution in [0.15, 0.2) is 18.2 Å². The van der Waals surface area contributed by atoms with Gasteiger partial charge in [-0.05, 0) is 44.2 Å². The highest BCUT2D eigenvalue weighted by Gasteiger charge is 2.49. The highest BCUT2D eigenvalue weighted by Crippen LogP contribution is 2.35. The molecule has 220 valence electrons. The largest absolute Gasteiger partial charge is 0.508 e. The minimum Gasteiger partial charge on any atom is -0.508 e. The zero-order valence-corrected chi connectivity index (χ0v) is 23.4. The molecular formula is C27H41NO10S. The summed E-state index contributed by atoms with van der Waals surface area (Å²) in [7, 11) is 1.48. The normalized spacial score (nSPS) is 30.5. The molecule has 39 heavy (non-hydrogen) atoms. The third-order valence-corrected chi connectivity index (χ3v) is 8.61. The van der Waals surface area contributed by atoms with Crippen molar-refractivity contribution in [3.8, 4) is 11.5 Å². The number of thioether (sulfide) groups is 1. The van der Waals surface area contributed by atoms with E-state index in [2.05, 4.69) is 12.2 Å². The summed E-state index contributed by atoms with van der Waals surface area (Å²) in [5, 5.41) is 54.0. The molecule has 0 bridgehead atoms. The summed E-state index contributed by atoms with van der Waals surface area (Å²) < 4.78 is 16.7. The zero-order valence-electron chi connectivity index (χ0n) is 22.6. The molecule has 2 fully saturated rings. The maximum Gasteiger partial charge on any atom is 0.338 e. The number of rotatable bonds is 12. The number of nitrogens with one attached hydrogen (secondary N) is 1. The van der Waals surface area contributed by atoms with Gasteiger partial charge in [-0.1, -0.05) is 19.8 Å². The molecule has 1 saturated carbocycles. The molecule has 3 rings (SSSR count). The summed E-state index contributed by atoms with van der Waals surface area (Å²) in [5.74, 6) is -0.920. The van der Waals surface area contributed by atoms with Crippen molar-refractivity contribution in [1.29, 1.82) is 0 Å². The number of aliphatic hydroxyl groups excluding tert-OH is 3. The minimum atomic E-state index is -1.54. The van der Waals surface area contributed by atoms with Crippen LogP contribution in [-0.4, -0.2) is 98.9 Å². The number of benzene rings is 1. The SMILES string of the molecule is CCC[C@H]1CC[C@H](C(=O)N[C@@H]([C@H]2O[C@H](SCCOC(=O)c3cc(O)cc(O)c3)[C@H](O)[C@@H](O)[C@H]2O)[C@@H](C)OC)C1. The second kappa shape index (κ2) is 14.5. The van der Waals surface area contributed by atoms with Crippen molar-refractivity contribution < 1.29 is 49.3 Å². The summed E-state index contributed by atoms with van der Waals surface area (Å²) in [4.78, 5) is 25.4. The van der Waals surface area contributed by atoms with Crippen molar-refractivity contribution in [2.24, 2.45) is 11.8 Å². The number of hydrogen-bond acceptors (Lipinski definition) is 11. The van der Waals surface area contributed by atoms with Gasteiger partial charge in [-0.2, -0.15) is 0 Å². The summed E-state index contributed by atoms with van der Waals surface area (Å²) in [5.41, 5.74) is -1.01. The van der Waals surface area contributed by atoms with E-state index in [9.17, 15) is 35.1 Å². The molecule has 1 aliphatic carbocycles. The summed E-state index contributed by atoms with van der Waals surface area (Å²) in [6.07, 6.45) is -1.32. The van der Waals surface area contributed by atoms with Crippen LogP contribution in [0, 0.1) is 11.8 Å². The van der Waals surface area contributed by atoms with Gasteiger partial charge in [0.2, 0.25) is 5.91 Å². The van der Waals surface area contributed by atoms with Gasteiger partial charge in [0.05, 0.1) is 17.7 Å². The lowest BCUT2D eigenvalue weighted by Crippen LogP contribution is -2.65. The van der Waals surface area contributed by atoms with Gasteiger partial charge in [0.1, 0.15) is 48.0 Å². The first kappa shape index (κ1) is 31.4. The van der Waals surface area contributed by atoms with Gasteiger partial charge >= 0.3 is 5.97 Å². The van der Waals surface area contributed by atoms with Gasteiger partial charge in [-0.3, -0.25) is 4.79 Å². The maximum atomic E-state index is 13.1. The van der Waals surface area contributed by atoms with Gasteiger partial charge in [-0.15, -0.1) is 11.8 Å². The second-order valence-corrected chi connectivity index (χ2v) is 11.5. The fourth-order valence-electron chi connectivity index (χ4n) is 5.28. The first-order chi connectivity index (χ1) is 18.5. The van der Waals surface area contributed by atoms with Crippen molar-refractivity contribution in [3.05, 3.63) is 23.8 Å². The van der Waals surface area contributed by atoms with E-state index in [0.29, 0.717) is 5.92 Å². The number of esters is 1. The number of aliphatic hydroxyl groups is 3. The number of phenolic OH excluding ortho intramolecular Hbond substituents is 2. The van der Waals surface area contributed by atoms with Crippen LogP contribution in [0.5, 0.6) is 11.5 Å². The molecule has 0 spiro atoms. The second-order valence-electron chi connectivity index (χ2n) is 10.3. The number of ether oxygens (including phenoxy) is 3. The fraction of sp³-hybridized carbons (Fsp3) is 0.704. The lowest BCUT2D eigenvalue weighted by Gasteiger charge is -2.44. The highest BCUT2D eigenvalue weighted by molar-refractivity contribution is 7.99. The van der Waals surface area contributed by atoms with Crippen molar-refractivity contribution in [2.75, 3.05) is 19.5 Å². The summed E-state index contributed by atoms with van der Waals surface area (Å²) in [6.45, 7) is 3.77. The summed E-state index contributed by atoms with van der Waals surface area (Å²) in [6, 6.07) is 2.62. The molecule has 11 nitrogen and oxygen atoms in total. The first-order valence-electron chi connectivity index (χ1n) is 13.4. The predicted octanol–water partition coefficient (Wildman–Crippen LogP) is 1.53. The number of amides is 1. The molecule has 6 N–H and O–H groups in total. The van der Waals surface area contributed by atoms with E-state index in [1.54, 1.807) is 6.92 Å². The predicted molar refractivity (Wildman–Crippen MR) is 143 cm³/mol. The third kappa shape index (κ3) is 8.21. The van der Waals surface area contributed by atoms with E-state index in [1.807, 2.05) is 0 Å². The standard InChI is InChI=1S/C27H41NO10S/c1-4-5-15-6-7-16(10-15)25(34)28-20(14(2)36-3)24-22(32)21(31)23(33)27(38-24)39-9-8-37-26(35)17-11-18(29)13-19(30)12-17/h11-16,20-24,27,29-33H,4-10H2,1-3H3,(H,28,34)/t14-,15+,16+,20-,21+,22-,23-,24-,27-/m1/s1. The lowest BCUT2D eigenvalue weighted by atomic mass is 9.91. The summed E-state index contributed by atoms with van der Waals surface area (Å²) >= 11 is 1.07. The number of carbonyl (C=O) groups is 2. The van der Waals surface area contributed by atoms with Crippen molar-refractivity contribution in [1.82, 2.24) is 5.32 Å². The van der Waals surface area contributed by atoms with Gasteiger partial charge in [-0.25, -0.2) is 4.79 Å². The molecule has 1 heterocycles. The molecule has 1 aromatic rings. The Bertz CT molecular complexity index is 944. The smallest absolute Gasteiger partial charge is 0.338 e. The molecule has 0 unspecified atom stereocenters. The molecule has 1 saturated heterocycles. The molecule has 0 radical (unpaired) electrons. The van der Waals surface area contributed by atoms with E-state index in [0.717, 1.165) is 62.1 Å².